The maximum Gasteiger partial charge on any atom is 0.409 e. The van der Waals surface area contributed by atoms with E-state index in [2.05, 4.69) is 6.92 Å². The van der Waals surface area contributed by atoms with E-state index in [1.807, 2.05) is 6.92 Å². The number of likely N-dealkylation sites (tertiary alicyclic amines) is 1. The van der Waals surface area contributed by atoms with Gasteiger partial charge in [0.1, 0.15) is 0 Å². The second-order valence-corrected chi connectivity index (χ2v) is 3.04. The highest BCUT2D eigenvalue weighted by molar-refractivity contribution is 5.67. The van der Waals surface area contributed by atoms with Crippen molar-refractivity contribution in [2.75, 3.05) is 19.7 Å². The number of hydrogen-bond donors (Lipinski definition) is 0. The molecule has 0 unspecified atom stereocenters. The largest absolute Gasteiger partial charge is 0.450 e. The lowest BCUT2D eigenvalue weighted by atomic mass is 10.2. The maximum absolute atomic E-state index is 11.1. The second-order valence-electron chi connectivity index (χ2n) is 3.04. The summed E-state index contributed by atoms with van der Waals surface area (Å²) in [5.74, 6) is 0.638. The molecule has 0 aromatic heterocycles. The van der Waals surface area contributed by atoms with Gasteiger partial charge in [0.05, 0.1) is 6.61 Å². The highest BCUT2D eigenvalue weighted by atomic mass is 16.6. The molecule has 0 aliphatic carbocycles. The number of hydrogen-bond acceptors (Lipinski definition) is 2. The highest BCUT2D eigenvalue weighted by Gasteiger charge is 2.23. The molecule has 1 aliphatic heterocycles. The van der Waals surface area contributed by atoms with E-state index in [1.54, 1.807) is 4.90 Å². The molecule has 1 rings (SSSR count). The number of rotatable bonds is 1. The SMILES string of the molecule is CCOC(=O)N1CC[C@@H](C)C1. The van der Waals surface area contributed by atoms with E-state index >= 15 is 0 Å². The summed E-state index contributed by atoms with van der Waals surface area (Å²) in [7, 11) is 0. The third-order valence-corrected chi connectivity index (χ3v) is 1.95. The number of amides is 1. The Kier molecular flexibility index (Phi) is 2.74. The van der Waals surface area contributed by atoms with Crippen LogP contribution in [0, 0.1) is 5.92 Å². The molecule has 1 atom stereocenters. The first-order valence-corrected chi connectivity index (χ1v) is 4.15. The first-order valence-electron chi connectivity index (χ1n) is 4.15. The molecule has 0 aromatic carbocycles. The van der Waals surface area contributed by atoms with E-state index in [0.717, 1.165) is 19.5 Å². The molecule has 0 aromatic rings. The van der Waals surface area contributed by atoms with Gasteiger partial charge in [-0.3, -0.25) is 0 Å². The molecule has 0 radical (unpaired) electrons. The summed E-state index contributed by atoms with van der Waals surface area (Å²) in [5, 5.41) is 0. The van der Waals surface area contributed by atoms with Crippen molar-refractivity contribution in [1.82, 2.24) is 4.90 Å². The Balaban J connectivity index is 2.31. The molecule has 1 heterocycles. The summed E-state index contributed by atoms with van der Waals surface area (Å²) in [5.41, 5.74) is 0. The maximum atomic E-state index is 11.1. The lowest BCUT2D eigenvalue weighted by Gasteiger charge is -2.14. The summed E-state index contributed by atoms with van der Waals surface area (Å²) in [6.07, 6.45) is 0.954. The number of carbonyl (C=O) groups is 1. The molecule has 3 heteroatoms. The van der Waals surface area contributed by atoms with Crippen molar-refractivity contribution in [3.05, 3.63) is 0 Å². The Morgan fingerprint density at radius 1 is 1.73 bits per heavy atom. The van der Waals surface area contributed by atoms with Crippen LogP contribution in [0.2, 0.25) is 0 Å². The van der Waals surface area contributed by atoms with Crippen molar-refractivity contribution in [3.8, 4) is 0 Å². The lowest BCUT2D eigenvalue weighted by Crippen LogP contribution is -2.28. The van der Waals surface area contributed by atoms with Crippen LogP contribution in [-0.4, -0.2) is 30.7 Å². The molecule has 1 saturated heterocycles. The predicted molar refractivity (Wildman–Crippen MR) is 42.4 cm³/mol. The molecule has 0 spiro atoms. The number of ether oxygens (including phenoxy) is 1. The third-order valence-electron chi connectivity index (χ3n) is 1.95. The molecular formula is C8H15NO2. The van der Waals surface area contributed by atoms with Gasteiger partial charge in [-0.2, -0.15) is 0 Å². The highest BCUT2D eigenvalue weighted by Crippen LogP contribution is 2.15. The van der Waals surface area contributed by atoms with E-state index in [4.69, 9.17) is 4.74 Å². The zero-order chi connectivity index (χ0) is 8.27. The molecule has 1 aliphatic rings. The first-order chi connectivity index (χ1) is 5.24. The average molecular weight is 157 g/mol. The number of carbonyl (C=O) groups excluding carboxylic acids is 1. The van der Waals surface area contributed by atoms with Crippen molar-refractivity contribution in [2.24, 2.45) is 5.92 Å². The third kappa shape index (κ3) is 2.10. The fraction of sp³-hybridized carbons (Fsp3) is 0.875. The van der Waals surface area contributed by atoms with E-state index in [1.165, 1.54) is 0 Å². The van der Waals surface area contributed by atoms with Gasteiger partial charge in [0.2, 0.25) is 0 Å². The number of nitrogens with zero attached hydrogens (tertiary/aromatic N) is 1. The smallest absolute Gasteiger partial charge is 0.409 e. The molecule has 0 N–H and O–H groups in total. The fourth-order valence-electron chi connectivity index (χ4n) is 1.32. The monoisotopic (exact) mass is 157 g/mol. The summed E-state index contributed by atoms with van der Waals surface area (Å²) < 4.78 is 4.86. The zero-order valence-electron chi connectivity index (χ0n) is 7.17. The molecule has 0 bridgehead atoms. The van der Waals surface area contributed by atoms with Gasteiger partial charge in [-0.05, 0) is 19.3 Å². The van der Waals surface area contributed by atoms with Crippen LogP contribution in [0.4, 0.5) is 4.79 Å². The molecule has 64 valence electrons. The Hall–Kier alpha value is -0.730. The normalized spacial score (nSPS) is 23.8. The van der Waals surface area contributed by atoms with Crippen molar-refractivity contribution >= 4 is 6.09 Å². The molecule has 1 fully saturated rings. The van der Waals surface area contributed by atoms with E-state index in [0.29, 0.717) is 12.5 Å². The Bertz CT molecular complexity index is 147. The zero-order valence-corrected chi connectivity index (χ0v) is 7.17. The van der Waals surface area contributed by atoms with Crippen molar-refractivity contribution < 1.29 is 9.53 Å². The van der Waals surface area contributed by atoms with Crippen LogP contribution >= 0.6 is 0 Å². The van der Waals surface area contributed by atoms with Gasteiger partial charge in [0.25, 0.3) is 0 Å². The lowest BCUT2D eigenvalue weighted by molar-refractivity contribution is 0.114. The minimum absolute atomic E-state index is 0.156. The molecule has 3 nitrogen and oxygen atoms in total. The Morgan fingerprint density at radius 3 is 2.91 bits per heavy atom. The summed E-state index contributed by atoms with van der Waals surface area (Å²) in [6.45, 7) is 6.18. The van der Waals surface area contributed by atoms with Crippen LogP contribution in [0.25, 0.3) is 0 Å². The topological polar surface area (TPSA) is 29.5 Å². The van der Waals surface area contributed by atoms with Crippen molar-refractivity contribution in [2.45, 2.75) is 20.3 Å². The molecule has 0 saturated carbocycles. The van der Waals surface area contributed by atoms with Crippen molar-refractivity contribution in [1.29, 1.82) is 0 Å². The summed E-state index contributed by atoms with van der Waals surface area (Å²) in [6, 6.07) is 0. The quantitative estimate of drug-likeness (QED) is 0.577. The second kappa shape index (κ2) is 3.60. The Morgan fingerprint density at radius 2 is 2.45 bits per heavy atom. The van der Waals surface area contributed by atoms with Gasteiger partial charge in [0.15, 0.2) is 0 Å². The Labute approximate surface area is 67.3 Å². The van der Waals surface area contributed by atoms with Gasteiger partial charge in [-0.25, -0.2) is 4.79 Å². The van der Waals surface area contributed by atoms with Crippen LogP contribution in [0.5, 0.6) is 0 Å². The predicted octanol–water partition coefficient (Wildman–Crippen LogP) is 1.48. The van der Waals surface area contributed by atoms with E-state index in [-0.39, 0.29) is 6.09 Å². The van der Waals surface area contributed by atoms with Gasteiger partial charge >= 0.3 is 6.09 Å². The van der Waals surface area contributed by atoms with Crippen LogP contribution in [-0.2, 0) is 4.74 Å². The van der Waals surface area contributed by atoms with Crippen LogP contribution in [0.15, 0.2) is 0 Å². The standard InChI is InChI=1S/C8H15NO2/c1-3-11-8(10)9-5-4-7(2)6-9/h7H,3-6H2,1-2H3/t7-/m1/s1. The van der Waals surface area contributed by atoms with Crippen LogP contribution in [0.1, 0.15) is 20.3 Å². The minimum atomic E-state index is -0.156. The minimum Gasteiger partial charge on any atom is -0.450 e. The molecular weight excluding hydrogens is 142 g/mol. The van der Waals surface area contributed by atoms with Gasteiger partial charge in [-0.15, -0.1) is 0 Å². The van der Waals surface area contributed by atoms with Gasteiger partial charge in [0, 0.05) is 13.1 Å². The fourth-order valence-corrected chi connectivity index (χ4v) is 1.32. The van der Waals surface area contributed by atoms with Gasteiger partial charge in [-0.1, -0.05) is 6.92 Å². The molecule has 11 heavy (non-hydrogen) atoms. The molecule has 1 amide bonds. The first kappa shape index (κ1) is 8.37. The van der Waals surface area contributed by atoms with Crippen LogP contribution < -0.4 is 0 Å². The summed E-state index contributed by atoms with van der Waals surface area (Å²) in [4.78, 5) is 12.9. The average Bonchev–Trinajstić information content (AvgIpc) is 2.36. The summed E-state index contributed by atoms with van der Waals surface area (Å²) >= 11 is 0. The van der Waals surface area contributed by atoms with E-state index in [9.17, 15) is 4.79 Å². The van der Waals surface area contributed by atoms with Crippen LogP contribution in [0.3, 0.4) is 0 Å². The van der Waals surface area contributed by atoms with Crippen molar-refractivity contribution in [3.63, 3.8) is 0 Å². The van der Waals surface area contributed by atoms with E-state index < -0.39 is 0 Å². The van der Waals surface area contributed by atoms with Gasteiger partial charge < -0.3 is 9.64 Å².